The van der Waals surface area contributed by atoms with Crippen molar-refractivity contribution in [2.24, 2.45) is 5.92 Å². The summed E-state index contributed by atoms with van der Waals surface area (Å²) in [4.78, 5) is 29.1. The molecule has 1 unspecified atom stereocenters. The van der Waals surface area contributed by atoms with Gasteiger partial charge in [0.2, 0.25) is 0 Å². The van der Waals surface area contributed by atoms with Gasteiger partial charge in [0.1, 0.15) is 0 Å². The van der Waals surface area contributed by atoms with Crippen LogP contribution in [0.5, 0.6) is 0 Å². The number of esters is 1. The summed E-state index contributed by atoms with van der Waals surface area (Å²) >= 11 is 0. The number of unbranched alkanes of at least 4 members (excludes halogenated alkanes) is 4. The highest BCUT2D eigenvalue weighted by atomic mass is 16.7. The highest BCUT2D eigenvalue weighted by Crippen LogP contribution is 2.48. The van der Waals surface area contributed by atoms with E-state index >= 15 is 0 Å². The molecule has 0 bridgehead atoms. The molecule has 0 saturated carbocycles. The molecule has 1 aliphatic rings. The van der Waals surface area contributed by atoms with Gasteiger partial charge in [0, 0.05) is 17.5 Å². The van der Waals surface area contributed by atoms with Crippen LogP contribution in [0.4, 0.5) is 0 Å². The Morgan fingerprint density at radius 1 is 1.00 bits per heavy atom. The Labute approximate surface area is 175 Å². The van der Waals surface area contributed by atoms with Crippen LogP contribution in [-0.4, -0.2) is 57.6 Å². The number of aliphatic carboxylic acids is 1. The summed E-state index contributed by atoms with van der Waals surface area (Å²) in [5, 5.41) is 22.3. The number of carboxylic acids is 1. The third-order valence-electron chi connectivity index (χ3n) is 5.85. The zero-order chi connectivity index (χ0) is 22.3. The molecule has 7 nitrogen and oxygen atoms in total. The summed E-state index contributed by atoms with van der Waals surface area (Å²) in [6.07, 6.45) is 5.76. The lowest BCUT2D eigenvalue weighted by Crippen LogP contribution is -2.67. The summed E-state index contributed by atoms with van der Waals surface area (Å²) in [5.74, 6) is -1.72. The second kappa shape index (κ2) is 10.7. The van der Waals surface area contributed by atoms with E-state index in [1.165, 1.54) is 7.11 Å². The van der Waals surface area contributed by atoms with E-state index in [4.69, 9.17) is 14.7 Å². The number of rotatable bonds is 12. The Hall–Kier alpha value is -1.18. The predicted octanol–water partition coefficient (Wildman–Crippen LogP) is 3.93. The SMILES string of the molecule is CCON1C(C)(C)CC(O)(C(CCCCCCCC(=O)O)C(=O)OC)CC1(C)C. The molecular weight excluding hydrogens is 374 g/mol. The molecule has 2 N–H and O–H groups in total. The second-order valence-electron chi connectivity index (χ2n) is 9.57. The van der Waals surface area contributed by atoms with Crippen molar-refractivity contribution >= 4 is 11.9 Å². The fraction of sp³-hybridized carbons (Fsp3) is 0.909. The van der Waals surface area contributed by atoms with E-state index in [2.05, 4.69) is 0 Å². The van der Waals surface area contributed by atoms with Crippen molar-refractivity contribution < 1.29 is 29.4 Å². The first-order valence-corrected chi connectivity index (χ1v) is 10.8. The first-order valence-electron chi connectivity index (χ1n) is 10.8. The number of methoxy groups -OCH3 is 1. The highest BCUT2D eigenvalue weighted by molar-refractivity contribution is 5.73. The average Bonchev–Trinajstić information content (AvgIpc) is 2.58. The Kier molecular flexibility index (Phi) is 9.57. The van der Waals surface area contributed by atoms with Crippen molar-refractivity contribution in [2.75, 3.05) is 13.7 Å². The van der Waals surface area contributed by atoms with E-state index in [0.29, 0.717) is 32.3 Å². The molecule has 1 aliphatic heterocycles. The first-order chi connectivity index (χ1) is 13.4. The van der Waals surface area contributed by atoms with Gasteiger partial charge in [0.25, 0.3) is 0 Å². The van der Waals surface area contributed by atoms with Gasteiger partial charge in [-0.3, -0.25) is 14.4 Å². The van der Waals surface area contributed by atoms with Crippen LogP contribution in [0.25, 0.3) is 0 Å². The highest BCUT2D eigenvalue weighted by Gasteiger charge is 2.56. The molecule has 0 aromatic rings. The lowest BCUT2D eigenvalue weighted by molar-refractivity contribution is -0.308. The number of piperidine rings is 1. The number of carbonyl (C=O) groups excluding carboxylic acids is 1. The van der Waals surface area contributed by atoms with Crippen LogP contribution >= 0.6 is 0 Å². The number of hydrogen-bond acceptors (Lipinski definition) is 6. The van der Waals surface area contributed by atoms with Crippen LogP contribution in [0.15, 0.2) is 0 Å². The summed E-state index contributed by atoms with van der Waals surface area (Å²) in [5.41, 5.74) is -2.04. The van der Waals surface area contributed by atoms with E-state index in [1.807, 2.05) is 39.7 Å². The molecule has 7 heteroatoms. The first kappa shape index (κ1) is 25.9. The van der Waals surface area contributed by atoms with Gasteiger partial charge < -0.3 is 14.9 Å². The molecule has 1 fully saturated rings. The average molecular weight is 416 g/mol. The minimum atomic E-state index is -1.17. The smallest absolute Gasteiger partial charge is 0.311 e. The topological polar surface area (TPSA) is 96.3 Å². The number of hydrogen-bond donors (Lipinski definition) is 2. The molecular formula is C22H41NO6. The molecule has 1 heterocycles. The van der Waals surface area contributed by atoms with Crippen molar-refractivity contribution in [3.05, 3.63) is 0 Å². The van der Waals surface area contributed by atoms with Crippen LogP contribution in [0.3, 0.4) is 0 Å². The maximum Gasteiger partial charge on any atom is 0.311 e. The van der Waals surface area contributed by atoms with Crippen LogP contribution in [0.2, 0.25) is 0 Å². The summed E-state index contributed by atoms with van der Waals surface area (Å²) in [7, 11) is 1.37. The molecule has 0 aromatic heterocycles. The number of ether oxygens (including phenoxy) is 1. The molecule has 0 amide bonds. The molecule has 29 heavy (non-hydrogen) atoms. The van der Waals surface area contributed by atoms with E-state index in [-0.39, 0.29) is 12.4 Å². The number of aliphatic hydroxyl groups is 1. The molecule has 0 spiro atoms. The fourth-order valence-electron chi connectivity index (χ4n) is 5.15. The van der Waals surface area contributed by atoms with E-state index < -0.39 is 28.6 Å². The number of hydroxylamine groups is 2. The van der Waals surface area contributed by atoms with Gasteiger partial charge in [-0.05, 0) is 60.3 Å². The van der Waals surface area contributed by atoms with Crippen molar-refractivity contribution in [3.63, 3.8) is 0 Å². The third kappa shape index (κ3) is 7.23. The van der Waals surface area contributed by atoms with Gasteiger partial charge >= 0.3 is 11.9 Å². The zero-order valence-corrected chi connectivity index (χ0v) is 19.1. The lowest BCUT2D eigenvalue weighted by atomic mass is 9.66. The Balaban J connectivity index is 2.81. The Morgan fingerprint density at radius 3 is 2.00 bits per heavy atom. The molecule has 0 aliphatic carbocycles. The standard InChI is InChI=1S/C22H41NO6/c1-7-29-23-20(2,3)15-22(27,16-21(23,4)5)17(19(26)28-6)13-11-9-8-10-12-14-18(24)25/h17,27H,7-16H2,1-6H3,(H,24,25). The molecule has 1 rings (SSSR count). The minimum absolute atomic E-state index is 0.199. The monoisotopic (exact) mass is 415 g/mol. The molecule has 0 aromatic carbocycles. The normalized spacial score (nSPS) is 21.5. The summed E-state index contributed by atoms with van der Waals surface area (Å²) < 4.78 is 5.05. The van der Waals surface area contributed by atoms with Crippen molar-refractivity contribution in [1.82, 2.24) is 5.06 Å². The van der Waals surface area contributed by atoms with Crippen LogP contribution in [0.1, 0.15) is 92.4 Å². The van der Waals surface area contributed by atoms with Gasteiger partial charge in [-0.25, -0.2) is 0 Å². The number of carboxylic acid groups (broad SMARTS) is 1. The van der Waals surface area contributed by atoms with E-state index in [1.54, 1.807) is 0 Å². The van der Waals surface area contributed by atoms with E-state index in [0.717, 1.165) is 25.7 Å². The van der Waals surface area contributed by atoms with E-state index in [9.17, 15) is 14.7 Å². The lowest BCUT2D eigenvalue weighted by Gasteiger charge is -2.57. The van der Waals surface area contributed by atoms with Gasteiger partial charge in [-0.15, -0.1) is 0 Å². The molecule has 170 valence electrons. The number of carbonyl (C=O) groups is 2. The van der Waals surface area contributed by atoms with Gasteiger partial charge in [-0.1, -0.05) is 25.7 Å². The van der Waals surface area contributed by atoms with Gasteiger partial charge in [0.05, 0.1) is 25.2 Å². The zero-order valence-electron chi connectivity index (χ0n) is 19.1. The van der Waals surface area contributed by atoms with Crippen LogP contribution in [-0.2, 0) is 19.2 Å². The Morgan fingerprint density at radius 2 is 1.52 bits per heavy atom. The van der Waals surface area contributed by atoms with Gasteiger partial charge in [-0.2, -0.15) is 5.06 Å². The van der Waals surface area contributed by atoms with Crippen LogP contribution in [0, 0.1) is 5.92 Å². The quantitative estimate of drug-likeness (QED) is 0.368. The maximum absolute atomic E-state index is 12.6. The maximum atomic E-state index is 12.6. The Bertz CT molecular complexity index is 527. The third-order valence-corrected chi connectivity index (χ3v) is 5.85. The van der Waals surface area contributed by atoms with Gasteiger partial charge in [0.15, 0.2) is 0 Å². The summed E-state index contributed by atoms with van der Waals surface area (Å²) in [6.45, 7) is 10.6. The second-order valence-corrected chi connectivity index (χ2v) is 9.57. The largest absolute Gasteiger partial charge is 0.481 e. The number of nitrogens with zero attached hydrogens (tertiary/aromatic N) is 1. The summed E-state index contributed by atoms with van der Waals surface area (Å²) in [6, 6.07) is 0. The molecule has 1 saturated heterocycles. The van der Waals surface area contributed by atoms with Crippen molar-refractivity contribution in [3.8, 4) is 0 Å². The van der Waals surface area contributed by atoms with Crippen LogP contribution < -0.4 is 0 Å². The predicted molar refractivity (Wildman–Crippen MR) is 111 cm³/mol. The van der Waals surface area contributed by atoms with Crippen molar-refractivity contribution in [2.45, 2.75) is 109 Å². The molecule has 1 atom stereocenters. The minimum Gasteiger partial charge on any atom is -0.481 e. The fourth-order valence-corrected chi connectivity index (χ4v) is 5.15. The molecule has 0 radical (unpaired) electrons. The van der Waals surface area contributed by atoms with Crippen molar-refractivity contribution in [1.29, 1.82) is 0 Å².